The van der Waals surface area contributed by atoms with Crippen molar-refractivity contribution in [3.05, 3.63) is 41.2 Å². The van der Waals surface area contributed by atoms with Gasteiger partial charge < -0.3 is 10.4 Å². The molecule has 21 heavy (non-hydrogen) atoms. The van der Waals surface area contributed by atoms with Crippen molar-refractivity contribution < 1.29 is 19.1 Å². The first-order valence-corrected chi connectivity index (χ1v) is 6.86. The quantitative estimate of drug-likeness (QED) is 0.792. The minimum atomic E-state index is -1.15. The Balaban J connectivity index is 2.88. The Hall–Kier alpha value is -2.17. The maximum absolute atomic E-state index is 13.8. The van der Waals surface area contributed by atoms with Gasteiger partial charge in [-0.15, -0.1) is 0 Å². The zero-order valence-corrected chi connectivity index (χ0v) is 12.4. The van der Waals surface area contributed by atoms with Crippen LogP contribution < -0.4 is 5.32 Å². The molecule has 1 aromatic rings. The standard InChI is InChI=1S/C16H20FNO3/c1-4-14(10(2)3)18-16(21)12-6-5-11(13(17)9-12)7-8-15(19)20/h5-10,14H,4H2,1-3H3,(H,18,21)(H,19,20). The number of hydrogen-bond donors (Lipinski definition) is 2. The van der Waals surface area contributed by atoms with Crippen molar-refractivity contribution in [3.63, 3.8) is 0 Å². The van der Waals surface area contributed by atoms with Gasteiger partial charge in [-0.1, -0.05) is 26.8 Å². The third kappa shape index (κ3) is 5.02. The SMILES string of the molecule is CCC(NC(=O)c1ccc(C=CC(=O)O)c(F)c1)C(C)C. The number of aliphatic carboxylic acids is 1. The monoisotopic (exact) mass is 293 g/mol. The Bertz CT molecular complexity index is 552. The number of rotatable bonds is 6. The maximum Gasteiger partial charge on any atom is 0.328 e. The lowest BCUT2D eigenvalue weighted by atomic mass is 10.0. The van der Waals surface area contributed by atoms with Crippen molar-refractivity contribution in [2.45, 2.75) is 33.2 Å². The van der Waals surface area contributed by atoms with E-state index < -0.39 is 11.8 Å². The highest BCUT2D eigenvalue weighted by Gasteiger charge is 2.16. The van der Waals surface area contributed by atoms with E-state index in [0.29, 0.717) is 5.92 Å². The summed E-state index contributed by atoms with van der Waals surface area (Å²) >= 11 is 0. The third-order valence-corrected chi connectivity index (χ3v) is 3.23. The van der Waals surface area contributed by atoms with Crippen LogP contribution in [-0.4, -0.2) is 23.0 Å². The molecule has 0 fully saturated rings. The maximum atomic E-state index is 13.8. The highest BCUT2D eigenvalue weighted by Crippen LogP contribution is 2.13. The smallest absolute Gasteiger partial charge is 0.328 e. The van der Waals surface area contributed by atoms with Gasteiger partial charge in [-0.05, 0) is 30.5 Å². The van der Waals surface area contributed by atoms with Crippen LogP contribution in [0.2, 0.25) is 0 Å². The van der Waals surface area contributed by atoms with Crippen molar-refractivity contribution in [1.29, 1.82) is 0 Å². The zero-order chi connectivity index (χ0) is 16.0. The normalized spacial score (nSPS) is 12.6. The van der Waals surface area contributed by atoms with E-state index in [0.717, 1.165) is 24.6 Å². The van der Waals surface area contributed by atoms with Gasteiger partial charge in [0, 0.05) is 23.2 Å². The van der Waals surface area contributed by atoms with E-state index in [9.17, 15) is 14.0 Å². The van der Waals surface area contributed by atoms with Gasteiger partial charge in [0.2, 0.25) is 0 Å². The van der Waals surface area contributed by atoms with Crippen molar-refractivity contribution in [2.24, 2.45) is 5.92 Å². The molecular weight excluding hydrogens is 273 g/mol. The molecule has 4 nitrogen and oxygen atoms in total. The Labute approximate surface area is 123 Å². The predicted molar refractivity (Wildman–Crippen MR) is 79.5 cm³/mol. The van der Waals surface area contributed by atoms with Crippen molar-refractivity contribution in [3.8, 4) is 0 Å². The lowest BCUT2D eigenvalue weighted by molar-refractivity contribution is -0.131. The molecule has 1 unspecified atom stereocenters. The van der Waals surface area contributed by atoms with E-state index in [-0.39, 0.29) is 23.1 Å². The van der Waals surface area contributed by atoms with Crippen LogP contribution in [0, 0.1) is 11.7 Å². The molecule has 1 rings (SSSR count). The fourth-order valence-corrected chi connectivity index (χ4v) is 1.96. The van der Waals surface area contributed by atoms with Crippen LogP contribution in [0.5, 0.6) is 0 Å². The molecule has 1 amide bonds. The first-order valence-electron chi connectivity index (χ1n) is 6.86. The number of amides is 1. The summed E-state index contributed by atoms with van der Waals surface area (Å²) in [5, 5.41) is 11.4. The molecule has 0 bridgehead atoms. The summed E-state index contributed by atoms with van der Waals surface area (Å²) in [7, 11) is 0. The van der Waals surface area contributed by atoms with Gasteiger partial charge in [0.15, 0.2) is 0 Å². The summed E-state index contributed by atoms with van der Waals surface area (Å²) in [5.74, 6) is -1.82. The van der Waals surface area contributed by atoms with Crippen LogP contribution in [0.25, 0.3) is 6.08 Å². The Morgan fingerprint density at radius 3 is 2.52 bits per heavy atom. The number of nitrogens with one attached hydrogen (secondary N) is 1. The van der Waals surface area contributed by atoms with Crippen LogP contribution in [0.1, 0.15) is 43.1 Å². The minimum absolute atomic E-state index is 0.0344. The van der Waals surface area contributed by atoms with Gasteiger partial charge in [-0.3, -0.25) is 4.79 Å². The van der Waals surface area contributed by atoms with Crippen LogP contribution >= 0.6 is 0 Å². The molecule has 0 aromatic heterocycles. The van der Waals surface area contributed by atoms with E-state index in [1.54, 1.807) is 0 Å². The highest BCUT2D eigenvalue weighted by atomic mass is 19.1. The Kier molecular flexibility index (Phi) is 6.09. The zero-order valence-electron chi connectivity index (χ0n) is 12.4. The summed E-state index contributed by atoms with van der Waals surface area (Å²) in [6.07, 6.45) is 2.80. The molecule has 0 radical (unpaired) electrons. The number of carbonyl (C=O) groups is 2. The third-order valence-electron chi connectivity index (χ3n) is 3.23. The number of carbonyl (C=O) groups excluding carboxylic acids is 1. The average molecular weight is 293 g/mol. The summed E-state index contributed by atoms with van der Waals surface area (Å²) in [4.78, 5) is 22.5. The summed E-state index contributed by atoms with van der Waals surface area (Å²) in [6, 6.07) is 4.02. The van der Waals surface area contributed by atoms with Crippen LogP contribution in [-0.2, 0) is 4.79 Å². The van der Waals surface area contributed by atoms with E-state index in [1.165, 1.54) is 12.1 Å². The van der Waals surface area contributed by atoms with Crippen LogP contribution in [0.3, 0.4) is 0 Å². The minimum Gasteiger partial charge on any atom is -0.478 e. The molecule has 114 valence electrons. The van der Waals surface area contributed by atoms with Gasteiger partial charge in [0.05, 0.1) is 0 Å². The van der Waals surface area contributed by atoms with Gasteiger partial charge in [0.1, 0.15) is 5.82 Å². The van der Waals surface area contributed by atoms with E-state index in [4.69, 9.17) is 5.11 Å². The molecule has 5 heteroatoms. The Morgan fingerprint density at radius 1 is 1.38 bits per heavy atom. The largest absolute Gasteiger partial charge is 0.478 e. The first kappa shape index (κ1) is 16.9. The van der Waals surface area contributed by atoms with Crippen molar-refractivity contribution in [1.82, 2.24) is 5.32 Å². The van der Waals surface area contributed by atoms with Crippen LogP contribution in [0.15, 0.2) is 24.3 Å². The molecule has 0 aliphatic heterocycles. The molecule has 0 aliphatic rings. The average Bonchev–Trinajstić information content (AvgIpc) is 2.42. The second kappa shape index (κ2) is 7.57. The molecule has 0 spiro atoms. The van der Waals surface area contributed by atoms with Crippen LogP contribution in [0.4, 0.5) is 4.39 Å². The van der Waals surface area contributed by atoms with E-state index in [1.807, 2.05) is 20.8 Å². The number of carboxylic acid groups (broad SMARTS) is 1. The molecular formula is C16H20FNO3. The predicted octanol–water partition coefficient (Wildman–Crippen LogP) is 3.09. The number of benzene rings is 1. The van der Waals surface area contributed by atoms with Crippen molar-refractivity contribution in [2.75, 3.05) is 0 Å². The number of halogens is 1. The fourth-order valence-electron chi connectivity index (χ4n) is 1.96. The molecule has 0 aliphatic carbocycles. The second-order valence-corrected chi connectivity index (χ2v) is 5.14. The fraction of sp³-hybridized carbons (Fsp3) is 0.375. The van der Waals surface area contributed by atoms with Crippen molar-refractivity contribution >= 4 is 18.0 Å². The van der Waals surface area contributed by atoms with Gasteiger partial charge in [-0.25, -0.2) is 9.18 Å². The molecule has 0 saturated heterocycles. The molecule has 2 N–H and O–H groups in total. The number of hydrogen-bond acceptors (Lipinski definition) is 2. The van der Waals surface area contributed by atoms with Gasteiger partial charge in [0.25, 0.3) is 5.91 Å². The molecule has 1 aromatic carbocycles. The number of carboxylic acids is 1. The summed E-state index contributed by atoms with van der Waals surface area (Å²) in [5.41, 5.74) is 0.351. The molecule has 0 saturated carbocycles. The van der Waals surface area contributed by atoms with E-state index in [2.05, 4.69) is 5.32 Å². The summed E-state index contributed by atoms with van der Waals surface area (Å²) < 4.78 is 13.8. The van der Waals surface area contributed by atoms with Gasteiger partial charge in [-0.2, -0.15) is 0 Å². The lowest BCUT2D eigenvalue weighted by Crippen LogP contribution is -2.38. The first-order chi connectivity index (χ1) is 9.85. The Morgan fingerprint density at radius 2 is 2.05 bits per heavy atom. The highest BCUT2D eigenvalue weighted by molar-refractivity contribution is 5.94. The second-order valence-electron chi connectivity index (χ2n) is 5.14. The van der Waals surface area contributed by atoms with E-state index >= 15 is 0 Å². The molecule has 1 atom stereocenters. The summed E-state index contributed by atoms with van der Waals surface area (Å²) in [6.45, 7) is 6.00. The lowest BCUT2D eigenvalue weighted by Gasteiger charge is -2.20. The molecule has 0 heterocycles. The topological polar surface area (TPSA) is 66.4 Å². The van der Waals surface area contributed by atoms with Gasteiger partial charge >= 0.3 is 5.97 Å².